The highest BCUT2D eigenvalue weighted by Gasteiger charge is 2.48. The average molecular weight is 355 g/mol. The molecule has 0 atom stereocenters. The number of imidazole rings is 1. The van der Waals surface area contributed by atoms with Crippen molar-refractivity contribution < 1.29 is 22.7 Å². The number of nitrogens with one attached hydrogen (secondary N) is 1. The van der Waals surface area contributed by atoms with Crippen molar-refractivity contribution in [3.63, 3.8) is 0 Å². The molecule has 0 unspecified atom stereocenters. The van der Waals surface area contributed by atoms with Crippen LogP contribution in [0.15, 0.2) is 36.7 Å². The van der Waals surface area contributed by atoms with Crippen molar-refractivity contribution in [2.75, 3.05) is 5.32 Å². The Labute approximate surface area is 143 Å². The zero-order valence-corrected chi connectivity index (χ0v) is 14.2. The Kier molecular flexibility index (Phi) is 5.39. The summed E-state index contributed by atoms with van der Waals surface area (Å²) in [4.78, 5) is 16.0. The van der Waals surface area contributed by atoms with Crippen LogP contribution in [-0.2, 0) is 18.4 Å². The molecule has 1 aromatic heterocycles. The quantitative estimate of drug-likeness (QED) is 0.855. The molecule has 0 fully saturated rings. The number of nitrogens with zero attached hydrogens (tertiary/aromatic N) is 2. The first-order chi connectivity index (χ1) is 11.6. The number of halogens is 3. The maximum Gasteiger partial charge on any atom is 0.394 e. The third kappa shape index (κ3) is 4.98. The fourth-order valence-corrected chi connectivity index (χ4v) is 2.02. The predicted octanol–water partition coefficient (Wildman–Crippen LogP) is 3.92. The zero-order valence-electron chi connectivity index (χ0n) is 14.2. The van der Waals surface area contributed by atoms with Gasteiger partial charge in [0.05, 0.1) is 5.41 Å². The molecule has 0 radical (unpaired) electrons. The Bertz CT molecular complexity index is 721. The molecule has 0 saturated heterocycles. The molecular formula is C17H20F3N3O2. The number of hydrogen-bond acceptors (Lipinski definition) is 3. The van der Waals surface area contributed by atoms with Crippen molar-refractivity contribution in [2.45, 2.75) is 33.1 Å². The monoisotopic (exact) mass is 355 g/mol. The van der Waals surface area contributed by atoms with E-state index >= 15 is 0 Å². The first-order valence-corrected chi connectivity index (χ1v) is 7.64. The summed E-state index contributed by atoms with van der Waals surface area (Å²) < 4.78 is 45.8. The average Bonchev–Trinajstić information content (AvgIpc) is 2.90. The van der Waals surface area contributed by atoms with E-state index in [0.29, 0.717) is 11.4 Å². The first-order valence-electron chi connectivity index (χ1n) is 7.64. The van der Waals surface area contributed by atoms with Gasteiger partial charge in [-0.2, -0.15) is 13.2 Å². The summed E-state index contributed by atoms with van der Waals surface area (Å²) in [6.45, 7) is 2.29. The van der Waals surface area contributed by atoms with Gasteiger partial charge in [-0.15, -0.1) is 0 Å². The molecule has 8 heteroatoms. The molecule has 0 bridgehead atoms. The van der Waals surface area contributed by atoms with Crippen molar-refractivity contribution in [2.24, 2.45) is 12.5 Å². The molecule has 0 aliphatic rings. The van der Waals surface area contributed by atoms with Crippen LogP contribution in [0.2, 0.25) is 0 Å². The van der Waals surface area contributed by atoms with Gasteiger partial charge in [0.25, 0.3) is 0 Å². The number of hydrogen-bond donors (Lipinski definition) is 1. The fourth-order valence-electron chi connectivity index (χ4n) is 2.02. The van der Waals surface area contributed by atoms with E-state index in [0.717, 1.165) is 19.7 Å². The number of carbonyl (C=O) groups is 1. The lowest BCUT2D eigenvalue weighted by Crippen LogP contribution is -2.35. The summed E-state index contributed by atoms with van der Waals surface area (Å²) in [5, 5.41) is 2.47. The number of amides is 1. The summed E-state index contributed by atoms with van der Waals surface area (Å²) >= 11 is 0. The van der Waals surface area contributed by atoms with E-state index < -0.39 is 23.9 Å². The van der Waals surface area contributed by atoms with Crippen LogP contribution in [0.25, 0.3) is 0 Å². The smallest absolute Gasteiger partial charge is 0.394 e. The van der Waals surface area contributed by atoms with Crippen molar-refractivity contribution >= 4 is 11.6 Å². The SMILES string of the molecule is Cn1ccnc1COc1ccc(NC(=O)CC(C)(C)C(F)(F)F)cc1. The van der Waals surface area contributed by atoms with Gasteiger partial charge >= 0.3 is 6.18 Å². The molecule has 2 rings (SSSR count). The summed E-state index contributed by atoms with van der Waals surface area (Å²) in [5.74, 6) is 0.632. The van der Waals surface area contributed by atoms with Crippen LogP contribution in [0.5, 0.6) is 5.75 Å². The van der Waals surface area contributed by atoms with Crippen molar-refractivity contribution in [1.29, 1.82) is 0 Å². The molecule has 1 amide bonds. The summed E-state index contributed by atoms with van der Waals surface area (Å²) in [6.07, 6.45) is -1.61. The van der Waals surface area contributed by atoms with Gasteiger partial charge in [0.1, 0.15) is 18.2 Å². The highest BCUT2D eigenvalue weighted by atomic mass is 19.4. The van der Waals surface area contributed by atoms with Gasteiger partial charge in [-0.25, -0.2) is 4.98 Å². The molecule has 0 aliphatic heterocycles. The molecule has 0 spiro atoms. The lowest BCUT2D eigenvalue weighted by molar-refractivity contribution is -0.213. The summed E-state index contributed by atoms with van der Waals surface area (Å²) in [7, 11) is 1.85. The second-order valence-corrected chi connectivity index (χ2v) is 6.37. The number of ether oxygens (including phenoxy) is 1. The maximum atomic E-state index is 12.8. The molecule has 1 heterocycles. The van der Waals surface area contributed by atoms with Crippen LogP contribution >= 0.6 is 0 Å². The maximum absolute atomic E-state index is 12.8. The number of carbonyl (C=O) groups excluding carboxylic acids is 1. The Hall–Kier alpha value is -2.51. The summed E-state index contributed by atoms with van der Waals surface area (Å²) in [6, 6.07) is 6.42. The topological polar surface area (TPSA) is 56.1 Å². The largest absolute Gasteiger partial charge is 0.486 e. The van der Waals surface area contributed by atoms with E-state index in [1.807, 2.05) is 11.6 Å². The molecule has 1 aromatic carbocycles. The number of rotatable bonds is 6. The van der Waals surface area contributed by atoms with Crippen LogP contribution in [-0.4, -0.2) is 21.6 Å². The lowest BCUT2D eigenvalue weighted by atomic mass is 9.88. The minimum absolute atomic E-state index is 0.287. The van der Waals surface area contributed by atoms with E-state index in [2.05, 4.69) is 10.3 Å². The Balaban J connectivity index is 1.89. The van der Waals surface area contributed by atoms with Crippen LogP contribution in [0.1, 0.15) is 26.1 Å². The number of benzene rings is 1. The third-order valence-corrected chi connectivity index (χ3v) is 3.80. The van der Waals surface area contributed by atoms with E-state index in [4.69, 9.17) is 4.74 Å². The second kappa shape index (κ2) is 7.16. The zero-order chi connectivity index (χ0) is 18.7. The standard InChI is InChI=1S/C17H20F3N3O2/c1-16(2,17(18,19)20)10-15(24)22-12-4-6-13(7-5-12)25-11-14-21-8-9-23(14)3/h4-9H,10-11H2,1-3H3,(H,22,24). The minimum atomic E-state index is -4.44. The van der Waals surface area contributed by atoms with Gasteiger partial charge in [0.2, 0.25) is 5.91 Å². The van der Waals surface area contributed by atoms with Crippen LogP contribution in [0.4, 0.5) is 18.9 Å². The third-order valence-electron chi connectivity index (χ3n) is 3.80. The Morgan fingerprint density at radius 2 is 1.88 bits per heavy atom. The van der Waals surface area contributed by atoms with Gasteiger partial charge < -0.3 is 14.6 Å². The Morgan fingerprint density at radius 1 is 1.24 bits per heavy atom. The van der Waals surface area contributed by atoms with Crippen LogP contribution in [0, 0.1) is 5.41 Å². The Morgan fingerprint density at radius 3 is 2.40 bits per heavy atom. The number of alkyl halides is 3. The molecule has 0 saturated carbocycles. The molecule has 25 heavy (non-hydrogen) atoms. The van der Waals surface area contributed by atoms with E-state index in [9.17, 15) is 18.0 Å². The van der Waals surface area contributed by atoms with E-state index in [1.165, 1.54) is 0 Å². The predicted molar refractivity (Wildman–Crippen MR) is 87.1 cm³/mol. The van der Waals surface area contributed by atoms with Crippen LogP contribution in [0.3, 0.4) is 0 Å². The lowest BCUT2D eigenvalue weighted by Gasteiger charge is -2.26. The molecule has 1 N–H and O–H groups in total. The molecule has 136 valence electrons. The molecule has 5 nitrogen and oxygen atoms in total. The highest BCUT2D eigenvalue weighted by molar-refractivity contribution is 5.91. The normalized spacial score (nSPS) is 12.1. The van der Waals surface area contributed by atoms with Crippen molar-refractivity contribution in [3.8, 4) is 5.75 Å². The van der Waals surface area contributed by atoms with E-state index in [1.54, 1.807) is 36.7 Å². The minimum Gasteiger partial charge on any atom is -0.486 e. The van der Waals surface area contributed by atoms with Gasteiger partial charge in [0, 0.05) is 31.5 Å². The highest BCUT2D eigenvalue weighted by Crippen LogP contribution is 2.40. The molecular weight excluding hydrogens is 335 g/mol. The van der Waals surface area contributed by atoms with Crippen molar-refractivity contribution in [1.82, 2.24) is 9.55 Å². The van der Waals surface area contributed by atoms with Gasteiger partial charge in [0.15, 0.2) is 0 Å². The summed E-state index contributed by atoms with van der Waals surface area (Å²) in [5.41, 5.74) is -1.67. The first kappa shape index (κ1) is 18.8. The second-order valence-electron chi connectivity index (χ2n) is 6.37. The molecule has 2 aromatic rings. The molecule has 0 aliphatic carbocycles. The number of aromatic nitrogens is 2. The number of anilines is 1. The van der Waals surface area contributed by atoms with E-state index in [-0.39, 0.29) is 6.61 Å². The van der Waals surface area contributed by atoms with Crippen LogP contribution < -0.4 is 10.1 Å². The van der Waals surface area contributed by atoms with Gasteiger partial charge in [-0.1, -0.05) is 13.8 Å². The van der Waals surface area contributed by atoms with Crippen molar-refractivity contribution in [3.05, 3.63) is 42.5 Å². The van der Waals surface area contributed by atoms with Gasteiger partial charge in [-0.3, -0.25) is 4.79 Å². The van der Waals surface area contributed by atoms with Gasteiger partial charge in [-0.05, 0) is 24.3 Å². The number of aryl methyl sites for hydroxylation is 1. The fraction of sp³-hybridized carbons (Fsp3) is 0.412.